The molecule has 5 heteroatoms. The first-order valence-electron chi connectivity index (χ1n) is 5.29. The number of carbonyl (C=O) groups is 1. The molecule has 1 heterocycles. The van der Waals surface area contributed by atoms with Gasteiger partial charge in [0.2, 0.25) is 0 Å². The van der Waals surface area contributed by atoms with Gasteiger partial charge in [0, 0.05) is 5.69 Å². The first-order valence-corrected chi connectivity index (χ1v) is 5.29. The Hall–Kier alpha value is -2.43. The molecule has 0 radical (unpaired) electrons. The summed E-state index contributed by atoms with van der Waals surface area (Å²) >= 11 is 0. The van der Waals surface area contributed by atoms with Crippen LogP contribution in [0.4, 0.5) is 10.1 Å². The minimum absolute atomic E-state index is 0.377. The molecule has 2 aromatic rings. The molecule has 0 atom stereocenters. The van der Waals surface area contributed by atoms with Crippen LogP contribution in [0.5, 0.6) is 5.75 Å². The van der Waals surface area contributed by atoms with Crippen LogP contribution in [0.1, 0.15) is 16.1 Å². The smallest absolute Gasteiger partial charge is 0.262 e. The highest BCUT2D eigenvalue weighted by Gasteiger charge is 2.16. The molecule has 0 bridgehead atoms. The van der Waals surface area contributed by atoms with E-state index in [-0.39, 0.29) is 5.56 Å². The Morgan fingerprint density at radius 2 is 2.11 bits per heavy atom. The molecule has 0 saturated heterocycles. The van der Waals surface area contributed by atoms with Crippen LogP contribution in [0.3, 0.4) is 0 Å². The van der Waals surface area contributed by atoms with Gasteiger partial charge in [-0.25, -0.2) is 4.39 Å². The van der Waals surface area contributed by atoms with Gasteiger partial charge in [0.15, 0.2) is 0 Å². The molecule has 92 valence electrons. The second-order valence-electron chi connectivity index (χ2n) is 3.78. The molecule has 0 unspecified atom stereocenters. The fourth-order valence-electron chi connectivity index (χ4n) is 1.47. The molecular weight excluding hydrogens is 235 g/mol. The summed E-state index contributed by atoms with van der Waals surface area (Å²) < 4.78 is 13.4. The van der Waals surface area contributed by atoms with Crippen LogP contribution >= 0.6 is 0 Å². The summed E-state index contributed by atoms with van der Waals surface area (Å²) in [6.45, 7) is 1.81. The normalized spacial score (nSPS) is 10.1. The number of aryl methyl sites for hydroxylation is 1. The van der Waals surface area contributed by atoms with Gasteiger partial charge in [-0.3, -0.25) is 9.78 Å². The van der Waals surface area contributed by atoms with Crippen molar-refractivity contribution in [2.24, 2.45) is 0 Å². The first kappa shape index (κ1) is 12.0. The zero-order valence-electron chi connectivity index (χ0n) is 9.64. The number of amides is 1. The molecule has 0 fully saturated rings. The van der Waals surface area contributed by atoms with Crippen molar-refractivity contribution in [2.75, 3.05) is 5.32 Å². The van der Waals surface area contributed by atoms with Crippen molar-refractivity contribution in [3.8, 4) is 5.75 Å². The maximum atomic E-state index is 13.4. The van der Waals surface area contributed by atoms with Gasteiger partial charge >= 0.3 is 0 Å². The number of aromatic hydroxyl groups is 1. The maximum absolute atomic E-state index is 13.4. The number of aromatic nitrogens is 1. The lowest BCUT2D eigenvalue weighted by molar-refractivity contribution is 0.102. The van der Waals surface area contributed by atoms with E-state index in [4.69, 9.17) is 0 Å². The number of nitrogens with zero attached hydrogens (tertiary/aromatic N) is 1. The van der Waals surface area contributed by atoms with Crippen molar-refractivity contribution in [3.63, 3.8) is 0 Å². The van der Waals surface area contributed by atoms with E-state index in [0.717, 1.165) is 11.8 Å². The molecular formula is C13H11FN2O2. The number of pyridine rings is 1. The minimum Gasteiger partial charge on any atom is -0.507 e. The van der Waals surface area contributed by atoms with Crippen LogP contribution < -0.4 is 5.32 Å². The molecule has 0 aliphatic heterocycles. The van der Waals surface area contributed by atoms with E-state index in [1.165, 1.54) is 18.3 Å². The topological polar surface area (TPSA) is 62.2 Å². The summed E-state index contributed by atoms with van der Waals surface area (Å²) in [6, 6.07) is 7.07. The van der Waals surface area contributed by atoms with Crippen LogP contribution in [-0.2, 0) is 0 Å². The number of anilines is 1. The Labute approximate surface area is 103 Å². The van der Waals surface area contributed by atoms with Crippen molar-refractivity contribution in [1.29, 1.82) is 0 Å². The first-order chi connectivity index (χ1) is 8.58. The zero-order valence-corrected chi connectivity index (χ0v) is 9.64. The quantitative estimate of drug-likeness (QED) is 0.855. The average molecular weight is 246 g/mol. The Kier molecular flexibility index (Phi) is 3.23. The van der Waals surface area contributed by atoms with Gasteiger partial charge in [0.1, 0.15) is 17.1 Å². The van der Waals surface area contributed by atoms with Crippen molar-refractivity contribution in [3.05, 3.63) is 53.6 Å². The van der Waals surface area contributed by atoms with Gasteiger partial charge in [0.05, 0.1) is 11.9 Å². The molecule has 2 rings (SSSR count). The Bertz CT molecular complexity index is 562. The number of phenols is 1. The number of carbonyl (C=O) groups excluding carboxylic acids is 1. The number of benzene rings is 1. The van der Waals surface area contributed by atoms with E-state index in [1.54, 1.807) is 12.1 Å². The van der Waals surface area contributed by atoms with E-state index < -0.39 is 17.5 Å². The lowest BCUT2D eigenvalue weighted by Gasteiger charge is -2.07. The molecule has 0 saturated carbocycles. The third-order valence-corrected chi connectivity index (χ3v) is 2.39. The predicted molar refractivity (Wildman–Crippen MR) is 65.0 cm³/mol. The minimum atomic E-state index is -0.771. The van der Waals surface area contributed by atoms with E-state index in [2.05, 4.69) is 10.3 Å². The van der Waals surface area contributed by atoms with Gasteiger partial charge in [-0.1, -0.05) is 6.07 Å². The molecule has 1 aromatic carbocycles. The highest BCUT2D eigenvalue weighted by atomic mass is 19.1. The van der Waals surface area contributed by atoms with Gasteiger partial charge in [-0.2, -0.15) is 0 Å². The summed E-state index contributed by atoms with van der Waals surface area (Å²) in [5.74, 6) is -1.88. The summed E-state index contributed by atoms with van der Waals surface area (Å²) in [5, 5.41) is 11.9. The number of hydrogen-bond donors (Lipinski definition) is 2. The van der Waals surface area contributed by atoms with Gasteiger partial charge < -0.3 is 10.4 Å². The van der Waals surface area contributed by atoms with Crippen molar-refractivity contribution in [2.45, 2.75) is 6.92 Å². The van der Waals surface area contributed by atoms with Crippen LogP contribution in [0.15, 0.2) is 36.5 Å². The number of phenolic OH excluding ortho intramolecular Hbond substituents is 1. The van der Waals surface area contributed by atoms with Gasteiger partial charge in [0.25, 0.3) is 5.91 Å². The number of hydrogen-bond acceptors (Lipinski definition) is 3. The third-order valence-electron chi connectivity index (χ3n) is 2.39. The van der Waals surface area contributed by atoms with Crippen LogP contribution in [0.2, 0.25) is 0 Å². The maximum Gasteiger partial charge on any atom is 0.262 e. The van der Waals surface area contributed by atoms with Crippen molar-refractivity contribution < 1.29 is 14.3 Å². The lowest BCUT2D eigenvalue weighted by atomic mass is 10.1. The second kappa shape index (κ2) is 4.83. The average Bonchev–Trinajstić information content (AvgIpc) is 2.32. The highest BCUT2D eigenvalue weighted by Crippen LogP contribution is 2.21. The van der Waals surface area contributed by atoms with Crippen LogP contribution in [-0.4, -0.2) is 16.0 Å². The van der Waals surface area contributed by atoms with Crippen molar-refractivity contribution in [1.82, 2.24) is 4.98 Å². The van der Waals surface area contributed by atoms with E-state index >= 15 is 0 Å². The monoisotopic (exact) mass is 246 g/mol. The van der Waals surface area contributed by atoms with E-state index in [0.29, 0.717) is 5.69 Å². The summed E-state index contributed by atoms with van der Waals surface area (Å²) in [7, 11) is 0. The second-order valence-corrected chi connectivity index (χ2v) is 3.78. The molecule has 0 aliphatic carbocycles. The molecule has 4 nitrogen and oxygen atoms in total. The van der Waals surface area contributed by atoms with Gasteiger partial charge in [-0.15, -0.1) is 0 Å². The third kappa shape index (κ3) is 2.45. The standard InChI is InChI=1S/C13H11FN2O2/c1-8-5-6-9(7-15-8)16-13(18)12-10(14)3-2-4-11(12)17/h2-7,17H,1H3,(H,16,18). The zero-order chi connectivity index (χ0) is 13.1. The molecule has 0 aliphatic rings. The number of rotatable bonds is 2. The largest absolute Gasteiger partial charge is 0.507 e. The number of nitrogens with one attached hydrogen (secondary N) is 1. The highest BCUT2D eigenvalue weighted by molar-refractivity contribution is 6.06. The van der Waals surface area contributed by atoms with Crippen LogP contribution in [0, 0.1) is 12.7 Å². The van der Waals surface area contributed by atoms with E-state index in [1.807, 2.05) is 6.92 Å². The van der Waals surface area contributed by atoms with Crippen molar-refractivity contribution >= 4 is 11.6 Å². The van der Waals surface area contributed by atoms with Gasteiger partial charge in [-0.05, 0) is 31.2 Å². The molecule has 0 spiro atoms. The van der Waals surface area contributed by atoms with Crippen LogP contribution in [0.25, 0.3) is 0 Å². The fraction of sp³-hybridized carbons (Fsp3) is 0.0769. The summed E-state index contributed by atoms with van der Waals surface area (Å²) in [5.41, 5.74) is 0.869. The predicted octanol–water partition coefficient (Wildman–Crippen LogP) is 2.49. The van der Waals surface area contributed by atoms with E-state index in [9.17, 15) is 14.3 Å². The Morgan fingerprint density at radius 3 is 2.72 bits per heavy atom. The number of halogens is 1. The fourth-order valence-corrected chi connectivity index (χ4v) is 1.47. The summed E-state index contributed by atoms with van der Waals surface area (Å²) in [6.07, 6.45) is 1.46. The Morgan fingerprint density at radius 1 is 1.33 bits per heavy atom. The molecule has 18 heavy (non-hydrogen) atoms. The lowest BCUT2D eigenvalue weighted by Crippen LogP contribution is -2.14. The SMILES string of the molecule is Cc1ccc(NC(=O)c2c(O)cccc2F)cn1. The molecule has 1 amide bonds. The molecule has 1 aromatic heterocycles. The molecule has 2 N–H and O–H groups in total. The Balaban J connectivity index is 2.25. The summed E-state index contributed by atoms with van der Waals surface area (Å²) in [4.78, 5) is 15.8.